The third-order valence-electron chi connectivity index (χ3n) is 1.45. The van der Waals surface area contributed by atoms with Crippen molar-refractivity contribution in [3.63, 3.8) is 0 Å². The van der Waals surface area contributed by atoms with E-state index in [0.717, 1.165) is 5.56 Å². The fraction of sp³-hybridized carbons (Fsp3) is 0.250. The zero-order valence-corrected chi connectivity index (χ0v) is 7.64. The van der Waals surface area contributed by atoms with Gasteiger partial charge in [-0.25, -0.2) is 4.21 Å². The van der Waals surface area contributed by atoms with Gasteiger partial charge in [0.25, 0.3) is 0 Å². The van der Waals surface area contributed by atoms with Crippen molar-refractivity contribution in [2.75, 3.05) is 12.8 Å². The SMILES string of the molecule is COS(=O)Cc1ccc(N)cc1. The van der Waals surface area contributed by atoms with Crippen LogP contribution in [0.5, 0.6) is 0 Å². The molecule has 1 rings (SSSR count). The summed E-state index contributed by atoms with van der Waals surface area (Å²) < 4.78 is 15.5. The van der Waals surface area contributed by atoms with Crippen molar-refractivity contribution in [3.8, 4) is 0 Å². The average Bonchev–Trinajstić information content (AvgIpc) is 2.09. The van der Waals surface area contributed by atoms with Gasteiger partial charge in [-0.2, -0.15) is 0 Å². The van der Waals surface area contributed by atoms with E-state index in [4.69, 9.17) is 5.73 Å². The van der Waals surface area contributed by atoms with Crippen LogP contribution in [-0.4, -0.2) is 11.3 Å². The van der Waals surface area contributed by atoms with E-state index in [1.54, 1.807) is 12.1 Å². The highest BCUT2D eigenvalue weighted by atomic mass is 32.2. The molecule has 0 bridgehead atoms. The molecule has 0 spiro atoms. The third-order valence-corrected chi connectivity index (χ3v) is 2.39. The van der Waals surface area contributed by atoms with Gasteiger partial charge < -0.3 is 5.73 Å². The van der Waals surface area contributed by atoms with Crippen LogP contribution in [0.2, 0.25) is 0 Å². The molecule has 0 aliphatic rings. The van der Waals surface area contributed by atoms with E-state index >= 15 is 0 Å². The lowest BCUT2D eigenvalue weighted by Gasteiger charge is -1.99. The second-order valence-corrected chi connectivity index (χ2v) is 3.59. The monoisotopic (exact) mass is 185 g/mol. The number of anilines is 1. The highest BCUT2D eigenvalue weighted by Gasteiger charge is 1.98. The highest BCUT2D eigenvalue weighted by Crippen LogP contribution is 2.07. The number of nitrogens with two attached hydrogens (primary N) is 1. The van der Waals surface area contributed by atoms with Crippen LogP contribution in [0, 0.1) is 0 Å². The van der Waals surface area contributed by atoms with E-state index in [0.29, 0.717) is 11.4 Å². The van der Waals surface area contributed by atoms with Crippen LogP contribution in [0.3, 0.4) is 0 Å². The molecule has 0 saturated carbocycles. The first-order chi connectivity index (χ1) is 5.72. The molecule has 0 radical (unpaired) electrons. The molecule has 0 aliphatic carbocycles. The lowest BCUT2D eigenvalue weighted by atomic mass is 10.2. The maximum absolute atomic E-state index is 10.9. The molecular weight excluding hydrogens is 174 g/mol. The Bertz CT molecular complexity index is 271. The summed E-state index contributed by atoms with van der Waals surface area (Å²) in [7, 11) is 1.42. The fourth-order valence-corrected chi connectivity index (χ4v) is 1.39. The molecule has 1 unspecified atom stereocenters. The minimum Gasteiger partial charge on any atom is -0.399 e. The molecule has 3 nitrogen and oxygen atoms in total. The Kier molecular flexibility index (Phi) is 3.25. The number of nitrogen functional groups attached to an aromatic ring is 1. The standard InChI is InChI=1S/C8H11NO2S/c1-11-12(10)6-7-2-4-8(9)5-3-7/h2-5H,6,9H2,1H3. The van der Waals surface area contributed by atoms with E-state index in [1.807, 2.05) is 12.1 Å². The van der Waals surface area contributed by atoms with Gasteiger partial charge in [0.1, 0.15) is 0 Å². The van der Waals surface area contributed by atoms with Crippen LogP contribution in [0.25, 0.3) is 0 Å². The van der Waals surface area contributed by atoms with Gasteiger partial charge in [0.2, 0.25) is 0 Å². The second kappa shape index (κ2) is 4.23. The normalized spacial score (nSPS) is 12.8. The Morgan fingerprint density at radius 3 is 2.50 bits per heavy atom. The van der Waals surface area contributed by atoms with Gasteiger partial charge in [-0.05, 0) is 17.7 Å². The smallest absolute Gasteiger partial charge is 0.159 e. The van der Waals surface area contributed by atoms with Crippen molar-refractivity contribution in [1.29, 1.82) is 0 Å². The Morgan fingerprint density at radius 2 is 2.00 bits per heavy atom. The molecule has 1 atom stereocenters. The molecule has 12 heavy (non-hydrogen) atoms. The Labute approximate surface area is 74.2 Å². The lowest BCUT2D eigenvalue weighted by molar-refractivity contribution is 0.445. The van der Waals surface area contributed by atoms with Crippen LogP contribution >= 0.6 is 0 Å². The number of benzene rings is 1. The molecule has 0 heterocycles. The van der Waals surface area contributed by atoms with Gasteiger partial charge in [-0.1, -0.05) is 12.1 Å². The van der Waals surface area contributed by atoms with Gasteiger partial charge in [0.05, 0.1) is 12.9 Å². The molecule has 66 valence electrons. The van der Waals surface area contributed by atoms with Gasteiger partial charge in [-0.3, -0.25) is 4.18 Å². The van der Waals surface area contributed by atoms with E-state index < -0.39 is 11.1 Å². The van der Waals surface area contributed by atoms with Gasteiger partial charge >= 0.3 is 0 Å². The minimum absolute atomic E-state index is 0.413. The maximum atomic E-state index is 10.9. The van der Waals surface area contributed by atoms with Crippen LogP contribution < -0.4 is 5.73 Å². The van der Waals surface area contributed by atoms with Crippen molar-refractivity contribution < 1.29 is 8.39 Å². The molecule has 0 saturated heterocycles. The molecule has 4 heteroatoms. The third kappa shape index (κ3) is 2.64. The number of hydrogen-bond donors (Lipinski definition) is 1. The lowest BCUT2D eigenvalue weighted by Crippen LogP contribution is -1.96. The van der Waals surface area contributed by atoms with E-state index in [9.17, 15) is 4.21 Å². The predicted octanol–water partition coefficient (Wildman–Crippen LogP) is 1.08. The minimum atomic E-state index is -1.23. The van der Waals surface area contributed by atoms with Gasteiger partial charge in [-0.15, -0.1) is 0 Å². The second-order valence-electron chi connectivity index (χ2n) is 2.36. The van der Waals surface area contributed by atoms with Gasteiger partial charge in [0.15, 0.2) is 11.1 Å². The predicted molar refractivity (Wildman–Crippen MR) is 49.7 cm³/mol. The zero-order valence-electron chi connectivity index (χ0n) is 6.82. The van der Waals surface area contributed by atoms with Crippen molar-refractivity contribution in [3.05, 3.63) is 29.8 Å². The maximum Gasteiger partial charge on any atom is 0.159 e. The molecule has 0 aromatic heterocycles. The summed E-state index contributed by atoms with van der Waals surface area (Å²) in [5.74, 6) is 0.413. The topological polar surface area (TPSA) is 52.3 Å². The molecule has 0 aliphatic heterocycles. The van der Waals surface area contributed by atoms with E-state index in [-0.39, 0.29) is 0 Å². The zero-order chi connectivity index (χ0) is 8.97. The average molecular weight is 185 g/mol. The Balaban J connectivity index is 2.64. The summed E-state index contributed by atoms with van der Waals surface area (Å²) in [4.78, 5) is 0. The number of hydrogen-bond acceptors (Lipinski definition) is 3. The Hall–Kier alpha value is -0.870. The molecule has 0 amide bonds. The first-order valence-electron chi connectivity index (χ1n) is 3.49. The summed E-state index contributed by atoms with van der Waals surface area (Å²) in [6, 6.07) is 7.24. The van der Waals surface area contributed by atoms with Crippen molar-refractivity contribution >= 4 is 16.8 Å². The molecule has 1 aromatic rings. The number of rotatable bonds is 3. The molecule has 1 aromatic carbocycles. The van der Waals surface area contributed by atoms with Crippen LogP contribution in [0.4, 0.5) is 5.69 Å². The van der Waals surface area contributed by atoms with Crippen LogP contribution in [0.15, 0.2) is 24.3 Å². The first-order valence-corrected chi connectivity index (χ1v) is 4.74. The summed E-state index contributed by atoms with van der Waals surface area (Å²) >= 11 is -1.23. The molecule has 2 N–H and O–H groups in total. The summed E-state index contributed by atoms with van der Waals surface area (Å²) in [5, 5.41) is 0. The van der Waals surface area contributed by atoms with Gasteiger partial charge in [0, 0.05) is 5.69 Å². The highest BCUT2D eigenvalue weighted by molar-refractivity contribution is 7.79. The van der Waals surface area contributed by atoms with Crippen molar-refractivity contribution in [2.45, 2.75) is 5.75 Å². The van der Waals surface area contributed by atoms with E-state index in [1.165, 1.54) is 7.11 Å². The summed E-state index contributed by atoms with van der Waals surface area (Å²) in [6.45, 7) is 0. The molecular formula is C8H11NO2S. The molecule has 0 fully saturated rings. The quantitative estimate of drug-likeness (QED) is 0.717. The summed E-state index contributed by atoms with van der Waals surface area (Å²) in [6.07, 6.45) is 0. The fourth-order valence-electron chi connectivity index (χ4n) is 0.809. The summed E-state index contributed by atoms with van der Waals surface area (Å²) in [5.41, 5.74) is 7.16. The van der Waals surface area contributed by atoms with E-state index in [2.05, 4.69) is 4.18 Å². The Morgan fingerprint density at radius 1 is 1.42 bits per heavy atom. The first kappa shape index (κ1) is 9.22. The largest absolute Gasteiger partial charge is 0.399 e. The van der Waals surface area contributed by atoms with Crippen molar-refractivity contribution in [2.24, 2.45) is 0 Å². The van der Waals surface area contributed by atoms with Crippen LogP contribution in [0.1, 0.15) is 5.56 Å². The van der Waals surface area contributed by atoms with Crippen molar-refractivity contribution in [1.82, 2.24) is 0 Å². The van der Waals surface area contributed by atoms with Crippen LogP contribution in [-0.2, 0) is 21.0 Å².